The second-order valence-corrected chi connectivity index (χ2v) is 8.85. The Morgan fingerprint density at radius 2 is 1.55 bits per heavy atom. The Kier molecular flexibility index (Phi) is 7.13. The molecule has 2 aromatic rings. The largest absolute Gasteiger partial charge is 0.446 e. The molecule has 1 N–H and O–H groups in total. The molecule has 4 rings (SSSR count). The first-order valence-corrected chi connectivity index (χ1v) is 11.4. The van der Waals surface area contributed by atoms with Crippen molar-refractivity contribution in [2.24, 2.45) is 0 Å². The van der Waals surface area contributed by atoms with Gasteiger partial charge in [0.15, 0.2) is 0 Å². The number of nitrogens with zero attached hydrogens (tertiary/aromatic N) is 5. The molecule has 1 aromatic heterocycles. The smallest absolute Gasteiger partial charge is 0.378 e. The highest BCUT2D eigenvalue weighted by molar-refractivity contribution is 8.00. The summed E-state index contributed by atoms with van der Waals surface area (Å²) < 4.78 is 42.8. The van der Waals surface area contributed by atoms with E-state index in [9.17, 15) is 18.0 Å². The van der Waals surface area contributed by atoms with Gasteiger partial charge in [0.05, 0.1) is 13.2 Å². The maximum atomic E-state index is 12.6. The quantitative estimate of drug-likeness (QED) is 0.668. The monoisotopic (exact) mass is 482 g/mol. The predicted molar refractivity (Wildman–Crippen MR) is 121 cm³/mol. The average molecular weight is 483 g/mol. The van der Waals surface area contributed by atoms with Crippen LogP contribution in [0.4, 0.5) is 35.3 Å². The van der Waals surface area contributed by atoms with Crippen molar-refractivity contribution in [2.75, 3.05) is 67.6 Å². The summed E-state index contributed by atoms with van der Waals surface area (Å²) in [5.41, 5.74) is -3.88. The molecule has 0 radical (unpaired) electrons. The molecule has 178 valence electrons. The number of hydrogen-bond donors (Lipinski definition) is 1. The van der Waals surface area contributed by atoms with E-state index in [1.54, 1.807) is 4.90 Å². The Morgan fingerprint density at radius 1 is 0.970 bits per heavy atom. The topological polar surface area (TPSA) is 73.8 Å². The number of hydrogen-bond acceptors (Lipinski definition) is 7. The zero-order chi connectivity index (χ0) is 23.4. The van der Waals surface area contributed by atoms with E-state index in [1.807, 2.05) is 13.0 Å². The van der Waals surface area contributed by atoms with Crippen LogP contribution in [-0.2, 0) is 4.74 Å². The van der Waals surface area contributed by atoms with Crippen molar-refractivity contribution in [3.63, 3.8) is 0 Å². The van der Waals surface area contributed by atoms with Gasteiger partial charge in [0.1, 0.15) is 17.5 Å². The Bertz CT molecular complexity index is 961. The second kappa shape index (κ2) is 10.0. The number of aromatic nitrogens is 2. The Balaban J connectivity index is 1.32. The van der Waals surface area contributed by atoms with Crippen molar-refractivity contribution >= 4 is 35.1 Å². The van der Waals surface area contributed by atoms with Gasteiger partial charge in [-0.1, -0.05) is 0 Å². The molecular weight excluding hydrogens is 457 g/mol. The third-order valence-electron chi connectivity index (χ3n) is 5.38. The summed E-state index contributed by atoms with van der Waals surface area (Å²) in [6.07, 6.45) is 0. The fourth-order valence-corrected chi connectivity index (χ4v) is 4.27. The summed E-state index contributed by atoms with van der Waals surface area (Å²) in [6.45, 7) is 7.05. The van der Waals surface area contributed by atoms with Crippen molar-refractivity contribution < 1.29 is 22.7 Å². The van der Waals surface area contributed by atoms with Gasteiger partial charge in [-0.2, -0.15) is 13.2 Å². The number of piperazine rings is 1. The molecule has 2 amide bonds. The average Bonchev–Trinajstić information content (AvgIpc) is 2.80. The molecule has 0 spiro atoms. The molecule has 0 atom stereocenters. The van der Waals surface area contributed by atoms with E-state index in [-0.39, 0.29) is 22.7 Å². The summed E-state index contributed by atoms with van der Waals surface area (Å²) in [7, 11) is 0. The molecule has 3 heterocycles. The van der Waals surface area contributed by atoms with Gasteiger partial charge in [-0.3, -0.25) is 0 Å². The van der Waals surface area contributed by atoms with Crippen LogP contribution in [0.5, 0.6) is 0 Å². The SMILES string of the molecule is Cc1nc(N2CCOCC2)cc(N2CCN(C(=O)Nc3ccc(SC(F)(F)F)cc3)CC2)n1. The number of urea groups is 1. The van der Waals surface area contributed by atoms with Crippen LogP contribution >= 0.6 is 11.8 Å². The van der Waals surface area contributed by atoms with Crippen LogP contribution in [0, 0.1) is 6.92 Å². The van der Waals surface area contributed by atoms with Crippen LogP contribution in [0.3, 0.4) is 0 Å². The number of rotatable bonds is 4. The van der Waals surface area contributed by atoms with Gasteiger partial charge in [0, 0.05) is 55.9 Å². The first-order valence-electron chi connectivity index (χ1n) is 10.6. The van der Waals surface area contributed by atoms with Crippen LogP contribution in [0.15, 0.2) is 35.2 Å². The summed E-state index contributed by atoms with van der Waals surface area (Å²) >= 11 is -0.183. The molecular formula is C21H25F3N6O2S. The van der Waals surface area contributed by atoms with Crippen molar-refractivity contribution in [1.29, 1.82) is 0 Å². The highest BCUT2D eigenvalue weighted by atomic mass is 32.2. The van der Waals surface area contributed by atoms with Gasteiger partial charge in [-0.25, -0.2) is 14.8 Å². The fourth-order valence-electron chi connectivity index (χ4n) is 3.73. The first-order chi connectivity index (χ1) is 15.8. The van der Waals surface area contributed by atoms with E-state index in [0.717, 1.165) is 24.7 Å². The van der Waals surface area contributed by atoms with Gasteiger partial charge >= 0.3 is 11.5 Å². The van der Waals surface area contributed by atoms with Gasteiger partial charge < -0.3 is 24.8 Å². The zero-order valence-corrected chi connectivity index (χ0v) is 19.0. The molecule has 0 unspecified atom stereocenters. The Hall–Kier alpha value is -2.73. The lowest BCUT2D eigenvalue weighted by atomic mass is 10.3. The summed E-state index contributed by atoms with van der Waals surface area (Å²) in [5.74, 6) is 2.41. The molecule has 0 aliphatic carbocycles. The summed E-state index contributed by atoms with van der Waals surface area (Å²) in [5, 5.41) is 2.75. The van der Waals surface area contributed by atoms with E-state index in [0.29, 0.717) is 50.9 Å². The minimum absolute atomic E-state index is 0.0747. The third-order valence-corrected chi connectivity index (χ3v) is 6.12. The van der Waals surface area contributed by atoms with Crippen LogP contribution in [0.25, 0.3) is 0 Å². The van der Waals surface area contributed by atoms with E-state index in [2.05, 4.69) is 25.1 Å². The third kappa shape index (κ3) is 6.41. The number of benzene rings is 1. The van der Waals surface area contributed by atoms with E-state index in [1.165, 1.54) is 24.3 Å². The van der Waals surface area contributed by atoms with Gasteiger partial charge in [-0.15, -0.1) is 0 Å². The number of anilines is 3. The number of amides is 2. The number of nitrogens with one attached hydrogen (secondary N) is 1. The maximum absolute atomic E-state index is 12.6. The number of aryl methyl sites for hydroxylation is 1. The lowest BCUT2D eigenvalue weighted by Gasteiger charge is -2.36. The van der Waals surface area contributed by atoms with Crippen LogP contribution in [-0.4, -0.2) is 78.9 Å². The number of thioether (sulfide) groups is 1. The molecule has 8 nitrogen and oxygen atoms in total. The van der Waals surface area contributed by atoms with Crippen molar-refractivity contribution in [3.8, 4) is 0 Å². The number of halogens is 3. The predicted octanol–water partition coefficient (Wildman–Crippen LogP) is 3.59. The van der Waals surface area contributed by atoms with Crippen molar-refractivity contribution in [1.82, 2.24) is 14.9 Å². The van der Waals surface area contributed by atoms with Gasteiger partial charge in [0.25, 0.3) is 0 Å². The molecule has 1 aromatic carbocycles. The zero-order valence-electron chi connectivity index (χ0n) is 18.1. The fraction of sp³-hybridized carbons (Fsp3) is 0.476. The van der Waals surface area contributed by atoms with E-state index < -0.39 is 5.51 Å². The molecule has 2 aliphatic rings. The van der Waals surface area contributed by atoms with Crippen molar-refractivity contribution in [2.45, 2.75) is 17.3 Å². The highest BCUT2D eigenvalue weighted by Gasteiger charge is 2.29. The minimum atomic E-state index is -4.34. The standard InChI is InChI=1S/C21H25F3N6O2S/c1-15-25-18(14-19(26-15)29-10-12-32-13-11-29)28-6-8-30(9-7-28)20(31)27-16-2-4-17(5-3-16)33-21(22,23)24/h2-5,14H,6-13H2,1H3,(H,27,31). The van der Waals surface area contributed by atoms with Gasteiger partial charge in [0.2, 0.25) is 0 Å². The number of alkyl halides is 3. The molecule has 2 saturated heterocycles. The number of ether oxygens (including phenoxy) is 1. The molecule has 0 saturated carbocycles. The normalized spacial score (nSPS) is 17.3. The summed E-state index contributed by atoms with van der Waals surface area (Å²) in [6, 6.07) is 7.33. The van der Waals surface area contributed by atoms with E-state index in [4.69, 9.17) is 4.74 Å². The van der Waals surface area contributed by atoms with Crippen molar-refractivity contribution in [3.05, 3.63) is 36.2 Å². The molecule has 2 fully saturated rings. The minimum Gasteiger partial charge on any atom is -0.378 e. The number of carbonyl (C=O) groups is 1. The number of morpholine rings is 1. The van der Waals surface area contributed by atoms with E-state index >= 15 is 0 Å². The molecule has 12 heteroatoms. The molecule has 0 bridgehead atoms. The van der Waals surface area contributed by atoms with Gasteiger partial charge in [-0.05, 0) is 43.0 Å². The maximum Gasteiger partial charge on any atom is 0.446 e. The summed E-state index contributed by atoms with van der Waals surface area (Å²) in [4.78, 5) is 27.8. The van der Waals surface area contributed by atoms with Crippen LogP contribution in [0.1, 0.15) is 5.82 Å². The Morgan fingerprint density at radius 3 is 2.12 bits per heavy atom. The van der Waals surface area contributed by atoms with Crippen LogP contribution in [0.2, 0.25) is 0 Å². The Labute approximate surface area is 194 Å². The first kappa shape index (κ1) is 23.4. The lowest BCUT2D eigenvalue weighted by Crippen LogP contribution is -2.50. The second-order valence-electron chi connectivity index (χ2n) is 7.71. The lowest BCUT2D eigenvalue weighted by molar-refractivity contribution is -0.0328. The highest BCUT2D eigenvalue weighted by Crippen LogP contribution is 2.37. The molecule has 33 heavy (non-hydrogen) atoms. The van der Waals surface area contributed by atoms with Crippen LogP contribution < -0.4 is 15.1 Å². The number of carbonyl (C=O) groups excluding carboxylic acids is 1. The molecule has 2 aliphatic heterocycles.